The summed E-state index contributed by atoms with van der Waals surface area (Å²) in [6, 6.07) is 17.5. The maximum Gasteiger partial charge on any atom is 0.213 e. The molecule has 4 aliphatic rings. The molecule has 0 unspecified atom stereocenters. The van der Waals surface area contributed by atoms with E-state index in [0.29, 0.717) is 36.8 Å². The van der Waals surface area contributed by atoms with Crippen LogP contribution in [-0.2, 0) is 10.0 Å². The number of hydrogen-bond donors (Lipinski definition) is 0. The highest BCUT2D eigenvalue weighted by Gasteiger charge is 2.54. The lowest BCUT2D eigenvalue weighted by Crippen LogP contribution is -2.39. The Morgan fingerprint density at radius 3 is 1.54 bits per heavy atom. The predicted octanol–water partition coefficient (Wildman–Crippen LogP) is 3.18. The molecule has 2 bridgehead atoms. The largest absolute Gasteiger partial charge is 0.213 e. The van der Waals surface area contributed by atoms with E-state index < -0.39 is 10.0 Å². The SMILES string of the molecule is CCS(=O)(=O)N1C[C@@H]2C3c4ccccc4C(c4ccccc43)[C@H]2C1. The second-order valence-electron chi connectivity index (χ2n) is 7.26. The van der Waals surface area contributed by atoms with Gasteiger partial charge in [0.2, 0.25) is 10.0 Å². The Morgan fingerprint density at radius 1 is 0.833 bits per heavy atom. The Hall–Kier alpha value is -1.65. The van der Waals surface area contributed by atoms with Gasteiger partial charge in [-0.25, -0.2) is 12.7 Å². The standard InChI is InChI=1S/C20H21NO2S/c1-2-24(22,23)21-11-17-18(12-21)20-14-8-4-3-7-13(14)19(17)15-9-5-6-10-16(15)20/h3-10,17-20H,2,11-12H2,1H3/t17-,18-,19?,20?/m0/s1. The lowest BCUT2D eigenvalue weighted by atomic mass is 9.55. The van der Waals surface area contributed by atoms with E-state index in [-0.39, 0.29) is 5.75 Å². The maximum atomic E-state index is 12.5. The van der Waals surface area contributed by atoms with Crippen molar-refractivity contribution in [1.29, 1.82) is 0 Å². The van der Waals surface area contributed by atoms with Crippen LogP contribution < -0.4 is 0 Å². The molecule has 2 atom stereocenters. The van der Waals surface area contributed by atoms with Crippen molar-refractivity contribution in [3.8, 4) is 0 Å². The fraction of sp³-hybridized carbons (Fsp3) is 0.400. The monoisotopic (exact) mass is 339 g/mol. The molecule has 124 valence electrons. The average Bonchev–Trinajstić information content (AvgIpc) is 3.08. The Kier molecular flexibility index (Phi) is 3.01. The van der Waals surface area contributed by atoms with Gasteiger partial charge in [0.1, 0.15) is 0 Å². The Bertz CT molecular complexity index is 815. The third-order valence-corrected chi connectivity index (χ3v) is 8.14. The number of benzene rings is 2. The zero-order valence-corrected chi connectivity index (χ0v) is 14.5. The lowest BCUT2D eigenvalue weighted by molar-refractivity contribution is 0.294. The number of hydrogen-bond acceptors (Lipinski definition) is 2. The van der Waals surface area contributed by atoms with Gasteiger partial charge in [-0.2, -0.15) is 0 Å². The summed E-state index contributed by atoms with van der Waals surface area (Å²) in [4.78, 5) is 0. The molecule has 1 fully saturated rings. The van der Waals surface area contributed by atoms with Crippen LogP contribution >= 0.6 is 0 Å². The molecule has 6 rings (SSSR count). The van der Waals surface area contributed by atoms with Crippen LogP contribution in [0.2, 0.25) is 0 Å². The Morgan fingerprint density at radius 2 is 1.21 bits per heavy atom. The molecular formula is C20H21NO2S. The fourth-order valence-corrected chi connectivity index (χ4v) is 6.51. The number of nitrogens with zero attached hydrogens (tertiary/aromatic N) is 1. The third kappa shape index (κ3) is 1.78. The van der Waals surface area contributed by atoms with Gasteiger partial charge in [-0.3, -0.25) is 0 Å². The van der Waals surface area contributed by atoms with Crippen molar-refractivity contribution in [3.63, 3.8) is 0 Å². The van der Waals surface area contributed by atoms with Gasteiger partial charge in [0.25, 0.3) is 0 Å². The number of rotatable bonds is 2. The minimum absolute atomic E-state index is 0.196. The second-order valence-corrected chi connectivity index (χ2v) is 9.52. The van der Waals surface area contributed by atoms with Crippen molar-refractivity contribution < 1.29 is 8.42 Å². The zero-order valence-electron chi connectivity index (χ0n) is 13.7. The van der Waals surface area contributed by atoms with Gasteiger partial charge in [-0.15, -0.1) is 0 Å². The molecular weight excluding hydrogens is 318 g/mol. The minimum Gasteiger partial charge on any atom is -0.212 e. The third-order valence-electron chi connectivity index (χ3n) is 6.33. The molecule has 2 aromatic carbocycles. The van der Waals surface area contributed by atoms with Crippen LogP contribution in [-0.4, -0.2) is 31.6 Å². The van der Waals surface area contributed by atoms with Crippen LogP contribution in [0.25, 0.3) is 0 Å². The molecule has 24 heavy (non-hydrogen) atoms. The summed E-state index contributed by atoms with van der Waals surface area (Å²) in [6.07, 6.45) is 0. The van der Waals surface area contributed by atoms with Gasteiger partial charge >= 0.3 is 0 Å². The lowest BCUT2D eigenvalue weighted by Gasteiger charge is -2.47. The molecule has 3 aliphatic carbocycles. The van der Waals surface area contributed by atoms with E-state index >= 15 is 0 Å². The molecule has 4 heteroatoms. The van der Waals surface area contributed by atoms with Gasteiger partial charge in [-0.1, -0.05) is 48.5 Å². The van der Waals surface area contributed by atoms with E-state index in [1.807, 2.05) is 0 Å². The van der Waals surface area contributed by atoms with Gasteiger partial charge in [0, 0.05) is 24.9 Å². The van der Waals surface area contributed by atoms with Crippen LogP contribution in [0.4, 0.5) is 0 Å². The summed E-state index contributed by atoms with van der Waals surface area (Å²) in [6.45, 7) is 3.09. The molecule has 3 nitrogen and oxygen atoms in total. The van der Waals surface area contributed by atoms with E-state index in [1.165, 1.54) is 22.3 Å². The molecule has 1 heterocycles. The van der Waals surface area contributed by atoms with Crippen LogP contribution in [0, 0.1) is 11.8 Å². The highest BCUT2D eigenvalue weighted by molar-refractivity contribution is 7.89. The number of sulfonamides is 1. The van der Waals surface area contributed by atoms with Crippen molar-refractivity contribution in [3.05, 3.63) is 70.8 Å². The summed E-state index contributed by atoms with van der Waals surface area (Å²) in [5.41, 5.74) is 5.66. The zero-order chi connectivity index (χ0) is 16.5. The molecule has 0 aromatic heterocycles. The molecule has 0 amide bonds. The molecule has 0 N–H and O–H groups in total. The van der Waals surface area contributed by atoms with E-state index in [4.69, 9.17) is 0 Å². The van der Waals surface area contributed by atoms with Crippen molar-refractivity contribution in [2.45, 2.75) is 18.8 Å². The maximum absolute atomic E-state index is 12.5. The predicted molar refractivity (Wildman–Crippen MR) is 94.6 cm³/mol. The summed E-state index contributed by atoms with van der Waals surface area (Å²) in [7, 11) is -3.12. The van der Waals surface area contributed by atoms with E-state index in [1.54, 1.807) is 11.2 Å². The first-order valence-electron chi connectivity index (χ1n) is 8.77. The topological polar surface area (TPSA) is 37.4 Å². The first kappa shape index (κ1) is 14.7. The first-order valence-corrected chi connectivity index (χ1v) is 10.4. The Balaban J connectivity index is 1.69. The summed E-state index contributed by atoms with van der Waals surface area (Å²) in [5, 5.41) is 0. The van der Waals surface area contributed by atoms with E-state index in [2.05, 4.69) is 48.5 Å². The van der Waals surface area contributed by atoms with Crippen molar-refractivity contribution in [2.75, 3.05) is 18.8 Å². The normalized spacial score (nSPS) is 30.7. The van der Waals surface area contributed by atoms with Crippen LogP contribution in [0.3, 0.4) is 0 Å². The highest BCUT2D eigenvalue weighted by Crippen LogP contribution is 2.60. The fourth-order valence-electron chi connectivity index (χ4n) is 5.34. The smallest absolute Gasteiger partial charge is 0.212 e. The van der Waals surface area contributed by atoms with Crippen molar-refractivity contribution >= 4 is 10.0 Å². The average molecular weight is 339 g/mol. The van der Waals surface area contributed by atoms with Crippen molar-refractivity contribution in [1.82, 2.24) is 4.31 Å². The van der Waals surface area contributed by atoms with Gasteiger partial charge in [0.15, 0.2) is 0 Å². The van der Waals surface area contributed by atoms with E-state index in [9.17, 15) is 8.42 Å². The Labute approximate surface area is 143 Å². The van der Waals surface area contributed by atoms with Gasteiger partial charge in [-0.05, 0) is 41.0 Å². The van der Waals surface area contributed by atoms with E-state index in [0.717, 1.165) is 0 Å². The van der Waals surface area contributed by atoms with Gasteiger partial charge < -0.3 is 0 Å². The molecule has 1 saturated heterocycles. The molecule has 2 aromatic rings. The molecule has 0 saturated carbocycles. The quantitative estimate of drug-likeness (QED) is 0.843. The highest BCUT2D eigenvalue weighted by atomic mass is 32.2. The summed E-state index contributed by atoms with van der Waals surface area (Å²) >= 11 is 0. The van der Waals surface area contributed by atoms with Crippen LogP contribution in [0.1, 0.15) is 41.0 Å². The molecule has 1 aliphatic heterocycles. The van der Waals surface area contributed by atoms with Gasteiger partial charge in [0.05, 0.1) is 5.75 Å². The van der Waals surface area contributed by atoms with Crippen LogP contribution in [0.5, 0.6) is 0 Å². The first-order chi connectivity index (χ1) is 11.6. The summed E-state index contributed by atoms with van der Waals surface area (Å²) < 4.78 is 26.7. The van der Waals surface area contributed by atoms with Crippen LogP contribution in [0.15, 0.2) is 48.5 Å². The minimum atomic E-state index is -3.12. The second kappa shape index (κ2) is 4.93. The molecule has 0 spiro atoms. The summed E-state index contributed by atoms with van der Waals surface area (Å²) in [5.74, 6) is 1.68. The molecule has 0 radical (unpaired) electrons. The van der Waals surface area contributed by atoms with Crippen molar-refractivity contribution in [2.24, 2.45) is 11.8 Å².